The fourth-order valence-electron chi connectivity index (χ4n) is 1.42. The average Bonchev–Trinajstić information content (AvgIpc) is 1.98. The maximum atomic E-state index is 11.0. The number of rotatable bonds is 2. The summed E-state index contributed by atoms with van der Waals surface area (Å²) < 4.78 is 22.0. The average molecular weight is 230 g/mol. The second-order valence-corrected chi connectivity index (χ2v) is 5.71. The lowest BCUT2D eigenvalue weighted by Crippen LogP contribution is -2.45. The molecule has 0 aromatic carbocycles. The third-order valence-electron chi connectivity index (χ3n) is 2.26. The second kappa shape index (κ2) is 4.59. The van der Waals surface area contributed by atoms with Crippen LogP contribution >= 0.6 is 12.4 Å². The minimum atomic E-state index is -2.86. The predicted molar refractivity (Wildman–Crippen MR) is 54.0 cm³/mol. The molecule has 80 valence electrons. The van der Waals surface area contributed by atoms with Gasteiger partial charge in [0.2, 0.25) is 0 Å². The molecule has 0 saturated carbocycles. The van der Waals surface area contributed by atoms with E-state index in [1.54, 1.807) is 7.05 Å². The summed E-state index contributed by atoms with van der Waals surface area (Å²) in [5, 5.41) is 12.6. The van der Waals surface area contributed by atoms with Crippen molar-refractivity contribution in [3.8, 4) is 0 Å². The summed E-state index contributed by atoms with van der Waals surface area (Å²) >= 11 is 0. The Morgan fingerprint density at radius 3 is 2.23 bits per heavy atom. The van der Waals surface area contributed by atoms with E-state index in [2.05, 4.69) is 5.32 Å². The van der Waals surface area contributed by atoms with Gasteiger partial charge in [-0.25, -0.2) is 8.42 Å². The molecule has 0 bridgehead atoms. The van der Waals surface area contributed by atoms with Crippen LogP contribution in [-0.4, -0.2) is 44.2 Å². The molecular formula is C7H16ClNO3S. The van der Waals surface area contributed by atoms with Gasteiger partial charge in [-0.2, -0.15) is 0 Å². The molecule has 0 amide bonds. The number of nitrogens with one attached hydrogen (secondary N) is 1. The normalized spacial score (nSPS) is 24.8. The van der Waals surface area contributed by atoms with Crippen molar-refractivity contribution in [2.45, 2.75) is 18.4 Å². The number of sulfone groups is 1. The first-order valence-electron chi connectivity index (χ1n) is 4.05. The molecule has 2 N–H and O–H groups in total. The van der Waals surface area contributed by atoms with Crippen LogP contribution in [0.25, 0.3) is 0 Å². The Labute approximate surface area is 85.0 Å². The summed E-state index contributed by atoms with van der Waals surface area (Å²) in [7, 11) is -1.11. The zero-order valence-electron chi connectivity index (χ0n) is 7.62. The van der Waals surface area contributed by atoms with Gasteiger partial charge in [0.1, 0.15) is 0 Å². The molecule has 1 saturated heterocycles. The summed E-state index contributed by atoms with van der Waals surface area (Å²) in [4.78, 5) is 0. The smallest absolute Gasteiger partial charge is 0.150 e. The SMILES string of the molecule is CNCC1(O)CCS(=O)(=O)CC1.Cl. The summed E-state index contributed by atoms with van der Waals surface area (Å²) in [6.07, 6.45) is 0.715. The molecule has 4 nitrogen and oxygen atoms in total. The summed E-state index contributed by atoms with van der Waals surface area (Å²) in [6.45, 7) is 0.475. The van der Waals surface area contributed by atoms with Gasteiger partial charge in [-0.15, -0.1) is 12.4 Å². The van der Waals surface area contributed by atoms with Crippen molar-refractivity contribution >= 4 is 22.2 Å². The molecule has 0 aromatic heterocycles. The van der Waals surface area contributed by atoms with Gasteiger partial charge >= 0.3 is 0 Å². The van der Waals surface area contributed by atoms with Crippen LogP contribution in [0.4, 0.5) is 0 Å². The van der Waals surface area contributed by atoms with Gasteiger partial charge in [0.05, 0.1) is 17.1 Å². The number of hydrogen-bond acceptors (Lipinski definition) is 4. The lowest BCUT2D eigenvalue weighted by atomic mass is 9.97. The van der Waals surface area contributed by atoms with E-state index in [4.69, 9.17) is 0 Å². The number of aliphatic hydroxyl groups is 1. The fraction of sp³-hybridized carbons (Fsp3) is 1.00. The molecular weight excluding hydrogens is 214 g/mol. The van der Waals surface area contributed by atoms with E-state index in [1.165, 1.54) is 0 Å². The van der Waals surface area contributed by atoms with Crippen LogP contribution in [0.3, 0.4) is 0 Å². The van der Waals surface area contributed by atoms with Gasteiger partial charge in [-0.05, 0) is 19.9 Å². The van der Waals surface area contributed by atoms with E-state index < -0.39 is 15.4 Å². The van der Waals surface area contributed by atoms with Gasteiger partial charge in [0.15, 0.2) is 9.84 Å². The quantitative estimate of drug-likeness (QED) is 0.674. The Morgan fingerprint density at radius 2 is 1.85 bits per heavy atom. The highest BCUT2D eigenvalue weighted by molar-refractivity contribution is 7.91. The molecule has 0 unspecified atom stereocenters. The zero-order valence-corrected chi connectivity index (χ0v) is 9.25. The van der Waals surface area contributed by atoms with Gasteiger partial charge in [0.25, 0.3) is 0 Å². The van der Waals surface area contributed by atoms with Crippen LogP contribution < -0.4 is 5.32 Å². The molecule has 6 heteroatoms. The molecule has 0 aliphatic carbocycles. The standard InChI is InChI=1S/C7H15NO3S.ClH/c1-8-6-7(9)2-4-12(10,11)5-3-7;/h8-9H,2-6H2,1H3;1H. The Balaban J connectivity index is 0.00000144. The molecule has 1 aliphatic heterocycles. The number of hydrogen-bond donors (Lipinski definition) is 2. The Hall–Kier alpha value is 0.160. The van der Waals surface area contributed by atoms with Crippen molar-refractivity contribution in [1.82, 2.24) is 5.32 Å². The largest absolute Gasteiger partial charge is 0.388 e. The first-order chi connectivity index (χ1) is 5.47. The van der Waals surface area contributed by atoms with Crippen LogP contribution in [0.1, 0.15) is 12.8 Å². The van der Waals surface area contributed by atoms with Crippen molar-refractivity contribution in [3.63, 3.8) is 0 Å². The van der Waals surface area contributed by atoms with Crippen molar-refractivity contribution in [1.29, 1.82) is 0 Å². The predicted octanol–water partition coefficient (Wildman–Crippen LogP) is -0.433. The number of likely N-dealkylation sites (N-methyl/N-ethyl adjacent to an activating group) is 1. The molecule has 0 spiro atoms. The van der Waals surface area contributed by atoms with Crippen LogP contribution in [0, 0.1) is 0 Å². The minimum Gasteiger partial charge on any atom is -0.388 e. The van der Waals surface area contributed by atoms with Gasteiger partial charge in [0, 0.05) is 6.54 Å². The molecule has 0 aromatic rings. The van der Waals surface area contributed by atoms with Crippen LogP contribution in [-0.2, 0) is 9.84 Å². The highest BCUT2D eigenvalue weighted by Gasteiger charge is 2.34. The first-order valence-corrected chi connectivity index (χ1v) is 5.87. The van der Waals surface area contributed by atoms with E-state index in [-0.39, 0.29) is 23.9 Å². The van der Waals surface area contributed by atoms with E-state index in [1.807, 2.05) is 0 Å². The maximum Gasteiger partial charge on any atom is 0.150 e. The molecule has 1 heterocycles. The highest BCUT2D eigenvalue weighted by atomic mass is 35.5. The number of halogens is 1. The Morgan fingerprint density at radius 1 is 1.38 bits per heavy atom. The molecule has 13 heavy (non-hydrogen) atoms. The summed E-state index contributed by atoms with van der Waals surface area (Å²) in [5.41, 5.74) is -0.805. The summed E-state index contributed by atoms with van der Waals surface area (Å²) in [5.74, 6) is 0.232. The van der Waals surface area contributed by atoms with E-state index in [9.17, 15) is 13.5 Å². The summed E-state index contributed by atoms with van der Waals surface area (Å²) in [6, 6.07) is 0. The van der Waals surface area contributed by atoms with Gasteiger partial charge in [-0.3, -0.25) is 0 Å². The molecule has 0 atom stereocenters. The Bertz CT molecular complexity index is 238. The third kappa shape index (κ3) is 3.81. The molecule has 1 rings (SSSR count). The fourth-order valence-corrected chi connectivity index (χ4v) is 3.01. The van der Waals surface area contributed by atoms with Crippen LogP contribution in [0.2, 0.25) is 0 Å². The van der Waals surface area contributed by atoms with Crippen molar-refractivity contribution < 1.29 is 13.5 Å². The van der Waals surface area contributed by atoms with E-state index in [0.717, 1.165) is 0 Å². The van der Waals surface area contributed by atoms with Crippen molar-refractivity contribution in [2.75, 3.05) is 25.1 Å². The maximum absolute atomic E-state index is 11.0. The molecule has 1 fully saturated rings. The first kappa shape index (κ1) is 13.2. The van der Waals surface area contributed by atoms with Gasteiger partial charge < -0.3 is 10.4 Å². The lowest BCUT2D eigenvalue weighted by Gasteiger charge is -2.31. The molecule has 0 radical (unpaired) electrons. The zero-order chi connectivity index (χ0) is 9.24. The lowest BCUT2D eigenvalue weighted by molar-refractivity contribution is 0.0325. The van der Waals surface area contributed by atoms with Gasteiger partial charge in [-0.1, -0.05) is 0 Å². The third-order valence-corrected chi connectivity index (χ3v) is 3.91. The van der Waals surface area contributed by atoms with E-state index >= 15 is 0 Å². The van der Waals surface area contributed by atoms with Crippen molar-refractivity contribution in [3.05, 3.63) is 0 Å². The monoisotopic (exact) mass is 229 g/mol. The van der Waals surface area contributed by atoms with Crippen molar-refractivity contribution in [2.24, 2.45) is 0 Å². The van der Waals surface area contributed by atoms with Crippen LogP contribution in [0.5, 0.6) is 0 Å². The highest BCUT2D eigenvalue weighted by Crippen LogP contribution is 2.22. The topological polar surface area (TPSA) is 66.4 Å². The molecule has 1 aliphatic rings. The minimum absolute atomic E-state index is 0. The Kier molecular flexibility index (Phi) is 4.65. The van der Waals surface area contributed by atoms with E-state index in [0.29, 0.717) is 19.4 Å². The second-order valence-electron chi connectivity index (χ2n) is 3.41. The van der Waals surface area contributed by atoms with Crippen LogP contribution in [0.15, 0.2) is 0 Å².